The molecule has 1 heterocycles. The number of rotatable bonds is 4. The molecule has 2 N–H and O–H groups in total. The van der Waals surface area contributed by atoms with Crippen LogP contribution in [0.25, 0.3) is 0 Å². The van der Waals surface area contributed by atoms with E-state index in [1.54, 1.807) is 30.5 Å². The molecule has 2 rings (SSSR count). The average molecular weight is 313 g/mol. The molecule has 0 saturated heterocycles. The fraction of sp³-hybridized carbons (Fsp3) is 0.214. The lowest BCUT2D eigenvalue weighted by molar-refractivity contribution is 0.232. The summed E-state index contributed by atoms with van der Waals surface area (Å²) in [5.74, 6) is 1.39. The Morgan fingerprint density at radius 1 is 1.15 bits per heavy atom. The Morgan fingerprint density at radius 3 is 2.30 bits per heavy atom. The van der Waals surface area contributed by atoms with E-state index in [0.717, 1.165) is 0 Å². The Hall–Kier alpha value is -1.65. The third kappa shape index (κ3) is 3.68. The zero-order chi connectivity index (χ0) is 14.7. The number of hydrogen-bond acceptors (Lipinski definition) is 4. The van der Waals surface area contributed by atoms with E-state index >= 15 is 0 Å². The van der Waals surface area contributed by atoms with E-state index in [1.807, 2.05) is 13.8 Å². The van der Waals surface area contributed by atoms with Crippen LogP contribution in [0.4, 0.5) is 5.69 Å². The summed E-state index contributed by atoms with van der Waals surface area (Å²) in [6.45, 7) is 3.86. The summed E-state index contributed by atoms with van der Waals surface area (Å²) in [5, 5.41) is 0.690. The van der Waals surface area contributed by atoms with Gasteiger partial charge in [-0.2, -0.15) is 0 Å². The van der Waals surface area contributed by atoms with Crippen LogP contribution in [0.2, 0.25) is 10.0 Å². The van der Waals surface area contributed by atoms with Crippen LogP contribution in [0, 0.1) is 0 Å². The van der Waals surface area contributed by atoms with Gasteiger partial charge in [-0.25, -0.2) is 4.98 Å². The molecule has 0 radical (unpaired) electrons. The molecule has 0 aliphatic carbocycles. The number of hydrogen-bond donors (Lipinski definition) is 1. The number of benzene rings is 1. The van der Waals surface area contributed by atoms with Gasteiger partial charge < -0.3 is 15.2 Å². The van der Waals surface area contributed by atoms with Crippen LogP contribution in [0.3, 0.4) is 0 Å². The lowest BCUT2D eigenvalue weighted by Crippen LogP contribution is -2.06. The van der Waals surface area contributed by atoms with Crippen LogP contribution in [-0.4, -0.2) is 11.1 Å². The second-order valence-corrected chi connectivity index (χ2v) is 5.23. The highest BCUT2D eigenvalue weighted by molar-refractivity contribution is 6.37. The average Bonchev–Trinajstić information content (AvgIpc) is 2.35. The maximum Gasteiger partial charge on any atom is 0.213 e. The number of nitrogens with two attached hydrogens (primary N) is 1. The van der Waals surface area contributed by atoms with Crippen molar-refractivity contribution in [2.24, 2.45) is 0 Å². The summed E-state index contributed by atoms with van der Waals surface area (Å²) in [6, 6.07) is 6.60. The number of ether oxygens (including phenoxy) is 2. The van der Waals surface area contributed by atoms with Crippen molar-refractivity contribution in [3.05, 3.63) is 40.5 Å². The highest BCUT2D eigenvalue weighted by Crippen LogP contribution is 2.38. The molecule has 6 heteroatoms. The Balaban J connectivity index is 2.18. The first-order valence-corrected chi connectivity index (χ1v) is 6.76. The van der Waals surface area contributed by atoms with Crippen molar-refractivity contribution in [3.63, 3.8) is 0 Å². The second-order valence-electron chi connectivity index (χ2n) is 4.41. The number of nitrogen functional groups attached to an aromatic ring is 1. The summed E-state index contributed by atoms with van der Waals surface area (Å²) in [6.07, 6.45) is 1.61. The first-order valence-electron chi connectivity index (χ1n) is 6.01. The maximum absolute atomic E-state index is 6.05. The third-order valence-corrected chi connectivity index (χ3v) is 2.87. The molecule has 1 aromatic carbocycles. The van der Waals surface area contributed by atoms with Crippen molar-refractivity contribution in [2.75, 3.05) is 5.73 Å². The SMILES string of the molecule is CC(C)Oc1ccc(Oc2c(Cl)cc(N)cc2Cl)cn1. The second kappa shape index (κ2) is 6.20. The van der Waals surface area contributed by atoms with Crippen LogP contribution >= 0.6 is 23.2 Å². The maximum atomic E-state index is 6.05. The molecular formula is C14H14Cl2N2O2. The Labute approximate surface area is 127 Å². The van der Waals surface area contributed by atoms with E-state index in [0.29, 0.717) is 33.1 Å². The van der Waals surface area contributed by atoms with Gasteiger partial charge in [0.25, 0.3) is 0 Å². The van der Waals surface area contributed by atoms with E-state index in [-0.39, 0.29) is 6.10 Å². The van der Waals surface area contributed by atoms with Crippen molar-refractivity contribution >= 4 is 28.9 Å². The first kappa shape index (κ1) is 14.8. The van der Waals surface area contributed by atoms with Gasteiger partial charge in [0.2, 0.25) is 5.88 Å². The normalized spacial score (nSPS) is 10.7. The molecule has 1 aromatic heterocycles. The van der Waals surface area contributed by atoms with Crippen molar-refractivity contribution in [1.82, 2.24) is 4.98 Å². The molecule has 0 aliphatic heterocycles. The van der Waals surface area contributed by atoms with Crippen LogP contribution in [0.5, 0.6) is 17.4 Å². The van der Waals surface area contributed by atoms with Crippen molar-refractivity contribution in [1.29, 1.82) is 0 Å². The minimum Gasteiger partial charge on any atom is -0.475 e. The molecule has 106 valence electrons. The topological polar surface area (TPSA) is 57.4 Å². The van der Waals surface area contributed by atoms with Gasteiger partial charge in [0.15, 0.2) is 5.75 Å². The molecule has 0 fully saturated rings. The summed E-state index contributed by atoms with van der Waals surface area (Å²) < 4.78 is 11.1. The first-order chi connectivity index (χ1) is 9.45. The fourth-order valence-electron chi connectivity index (χ4n) is 1.53. The van der Waals surface area contributed by atoms with Gasteiger partial charge in [-0.1, -0.05) is 23.2 Å². The molecule has 4 nitrogen and oxygen atoms in total. The third-order valence-electron chi connectivity index (χ3n) is 2.31. The molecular weight excluding hydrogens is 299 g/mol. The molecule has 2 aromatic rings. The predicted octanol–water partition coefficient (Wildman–Crippen LogP) is 4.55. The molecule has 0 saturated carbocycles. The zero-order valence-electron chi connectivity index (χ0n) is 11.1. The molecule has 20 heavy (non-hydrogen) atoms. The monoisotopic (exact) mass is 312 g/mol. The number of aromatic nitrogens is 1. The van der Waals surface area contributed by atoms with E-state index in [1.165, 1.54) is 0 Å². The lowest BCUT2D eigenvalue weighted by atomic mass is 10.3. The minimum atomic E-state index is 0.0651. The van der Waals surface area contributed by atoms with Gasteiger partial charge in [-0.3, -0.25) is 0 Å². The quantitative estimate of drug-likeness (QED) is 0.841. The van der Waals surface area contributed by atoms with Gasteiger partial charge in [0, 0.05) is 11.8 Å². The highest BCUT2D eigenvalue weighted by atomic mass is 35.5. The predicted molar refractivity (Wildman–Crippen MR) is 80.9 cm³/mol. The fourth-order valence-corrected chi connectivity index (χ4v) is 2.11. The van der Waals surface area contributed by atoms with Crippen molar-refractivity contribution in [2.45, 2.75) is 20.0 Å². The van der Waals surface area contributed by atoms with Crippen molar-refractivity contribution in [3.8, 4) is 17.4 Å². The van der Waals surface area contributed by atoms with Crippen LogP contribution < -0.4 is 15.2 Å². The van der Waals surface area contributed by atoms with Gasteiger partial charge in [-0.05, 0) is 32.0 Å². The summed E-state index contributed by atoms with van der Waals surface area (Å²) in [4.78, 5) is 4.13. The number of pyridine rings is 1. The lowest BCUT2D eigenvalue weighted by Gasteiger charge is -2.11. The number of anilines is 1. The standard InChI is InChI=1S/C14H14Cl2N2O2/c1-8(2)19-13-4-3-10(7-18-13)20-14-11(15)5-9(17)6-12(14)16/h3-8H,17H2,1-2H3. The Morgan fingerprint density at radius 2 is 1.80 bits per heavy atom. The molecule has 0 bridgehead atoms. The number of halogens is 2. The molecule has 0 unspecified atom stereocenters. The van der Waals surface area contributed by atoms with Gasteiger partial charge in [-0.15, -0.1) is 0 Å². The van der Waals surface area contributed by atoms with Gasteiger partial charge >= 0.3 is 0 Å². The summed E-state index contributed by atoms with van der Waals surface area (Å²) in [7, 11) is 0. The Bertz CT molecular complexity index is 578. The van der Waals surface area contributed by atoms with E-state index in [9.17, 15) is 0 Å². The minimum absolute atomic E-state index is 0.0651. The van der Waals surface area contributed by atoms with Crippen LogP contribution in [-0.2, 0) is 0 Å². The molecule has 0 atom stereocenters. The van der Waals surface area contributed by atoms with E-state index in [4.69, 9.17) is 38.4 Å². The van der Waals surface area contributed by atoms with Crippen LogP contribution in [0.1, 0.15) is 13.8 Å². The summed E-state index contributed by atoms with van der Waals surface area (Å²) >= 11 is 12.1. The zero-order valence-corrected chi connectivity index (χ0v) is 12.6. The molecule has 0 amide bonds. The van der Waals surface area contributed by atoms with Crippen molar-refractivity contribution < 1.29 is 9.47 Å². The van der Waals surface area contributed by atoms with E-state index in [2.05, 4.69) is 4.98 Å². The largest absolute Gasteiger partial charge is 0.475 e. The smallest absolute Gasteiger partial charge is 0.213 e. The van der Waals surface area contributed by atoms with Crippen LogP contribution in [0.15, 0.2) is 30.5 Å². The molecule has 0 spiro atoms. The summed E-state index contributed by atoms with van der Waals surface area (Å²) in [5.41, 5.74) is 6.11. The number of nitrogens with zero attached hydrogens (tertiary/aromatic N) is 1. The van der Waals surface area contributed by atoms with Gasteiger partial charge in [0.1, 0.15) is 5.75 Å². The Kier molecular flexibility index (Phi) is 4.57. The van der Waals surface area contributed by atoms with Gasteiger partial charge in [0.05, 0.1) is 22.3 Å². The highest BCUT2D eigenvalue weighted by Gasteiger charge is 2.10. The molecule has 0 aliphatic rings. The van der Waals surface area contributed by atoms with E-state index < -0.39 is 0 Å².